The first-order valence-corrected chi connectivity index (χ1v) is 4.77. The third-order valence-electron chi connectivity index (χ3n) is 2.42. The third kappa shape index (κ3) is 1.87. The predicted octanol–water partition coefficient (Wildman–Crippen LogP) is 2.27. The monoisotopic (exact) mass is 191 g/mol. The molecule has 1 aromatic rings. The number of rotatable bonds is 3. The van der Waals surface area contributed by atoms with Crippen molar-refractivity contribution in [1.82, 2.24) is 0 Å². The molecule has 0 saturated heterocycles. The van der Waals surface area contributed by atoms with Gasteiger partial charge < -0.3 is 10.4 Å². The summed E-state index contributed by atoms with van der Waals surface area (Å²) in [6.45, 7) is 1.98. The molecule has 1 aromatic carbocycles. The average molecular weight is 191 g/mol. The molecule has 0 atom stereocenters. The fraction of sp³-hybridized carbons (Fsp3) is 0.364. The Labute approximate surface area is 82.8 Å². The Hall–Kier alpha value is -1.51. The van der Waals surface area contributed by atoms with Gasteiger partial charge in [0.15, 0.2) is 0 Å². The molecule has 0 unspecified atom stereocenters. The van der Waals surface area contributed by atoms with Gasteiger partial charge in [-0.05, 0) is 37.5 Å². The minimum atomic E-state index is -0.871. The topological polar surface area (TPSA) is 49.3 Å². The number of anilines is 1. The molecule has 0 aromatic heterocycles. The largest absolute Gasteiger partial charge is 0.478 e. The van der Waals surface area contributed by atoms with Gasteiger partial charge in [-0.3, -0.25) is 0 Å². The van der Waals surface area contributed by atoms with Gasteiger partial charge in [0.25, 0.3) is 0 Å². The van der Waals surface area contributed by atoms with Crippen LogP contribution >= 0.6 is 0 Å². The molecule has 0 spiro atoms. The zero-order valence-electron chi connectivity index (χ0n) is 8.08. The van der Waals surface area contributed by atoms with Crippen molar-refractivity contribution in [1.29, 1.82) is 0 Å². The van der Waals surface area contributed by atoms with Crippen LogP contribution in [0.4, 0.5) is 5.69 Å². The standard InChI is InChI=1S/C11H13NO2/c1-7-2-3-8(11(13)14)6-10(7)12-9-4-5-9/h2-3,6,9,12H,4-5H2,1H3,(H,13,14). The van der Waals surface area contributed by atoms with Crippen LogP contribution in [0.3, 0.4) is 0 Å². The summed E-state index contributed by atoms with van der Waals surface area (Å²) in [6, 6.07) is 5.73. The number of hydrogen-bond acceptors (Lipinski definition) is 2. The Morgan fingerprint density at radius 3 is 2.79 bits per heavy atom. The summed E-state index contributed by atoms with van der Waals surface area (Å²) in [7, 11) is 0. The van der Waals surface area contributed by atoms with Gasteiger partial charge in [-0.25, -0.2) is 4.79 Å². The zero-order valence-corrected chi connectivity index (χ0v) is 8.08. The van der Waals surface area contributed by atoms with E-state index >= 15 is 0 Å². The number of aryl methyl sites for hydroxylation is 1. The second-order valence-electron chi connectivity index (χ2n) is 3.75. The van der Waals surface area contributed by atoms with Gasteiger partial charge in [0.2, 0.25) is 0 Å². The van der Waals surface area contributed by atoms with Crippen LogP contribution < -0.4 is 5.32 Å². The normalized spacial score (nSPS) is 15.2. The molecule has 0 radical (unpaired) electrons. The van der Waals surface area contributed by atoms with E-state index in [0.29, 0.717) is 11.6 Å². The lowest BCUT2D eigenvalue weighted by Gasteiger charge is -2.08. The molecule has 2 rings (SSSR count). The van der Waals surface area contributed by atoms with E-state index in [-0.39, 0.29) is 0 Å². The van der Waals surface area contributed by atoms with Gasteiger partial charge >= 0.3 is 5.97 Å². The molecule has 1 aliphatic rings. The van der Waals surface area contributed by atoms with Crippen molar-refractivity contribution in [2.45, 2.75) is 25.8 Å². The van der Waals surface area contributed by atoms with E-state index in [4.69, 9.17) is 5.11 Å². The lowest BCUT2D eigenvalue weighted by molar-refractivity contribution is 0.0697. The molecule has 1 saturated carbocycles. The number of carbonyl (C=O) groups is 1. The van der Waals surface area contributed by atoms with Crippen LogP contribution in [0.15, 0.2) is 18.2 Å². The smallest absolute Gasteiger partial charge is 0.335 e. The van der Waals surface area contributed by atoms with Crippen LogP contribution in [0.25, 0.3) is 0 Å². The number of aromatic carboxylic acids is 1. The SMILES string of the molecule is Cc1ccc(C(=O)O)cc1NC1CC1. The van der Waals surface area contributed by atoms with Gasteiger partial charge in [0.05, 0.1) is 5.56 Å². The lowest BCUT2D eigenvalue weighted by Crippen LogP contribution is -2.05. The molecular weight excluding hydrogens is 178 g/mol. The highest BCUT2D eigenvalue weighted by molar-refractivity contribution is 5.89. The van der Waals surface area contributed by atoms with E-state index < -0.39 is 5.97 Å². The molecule has 0 bridgehead atoms. The first-order chi connectivity index (χ1) is 6.66. The van der Waals surface area contributed by atoms with Crippen LogP contribution in [-0.4, -0.2) is 17.1 Å². The van der Waals surface area contributed by atoms with Gasteiger partial charge in [0.1, 0.15) is 0 Å². The first kappa shape index (κ1) is 9.06. The molecule has 2 N–H and O–H groups in total. The minimum absolute atomic E-state index is 0.346. The fourth-order valence-corrected chi connectivity index (χ4v) is 1.36. The lowest BCUT2D eigenvalue weighted by atomic mass is 10.1. The van der Waals surface area contributed by atoms with Gasteiger partial charge in [-0.15, -0.1) is 0 Å². The van der Waals surface area contributed by atoms with E-state index in [2.05, 4.69) is 5.32 Å². The van der Waals surface area contributed by atoms with Crippen LogP contribution in [0, 0.1) is 6.92 Å². The van der Waals surface area contributed by atoms with Crippen molar-refractivity contribution in [2.75, 3.05) is 5.32 Å². The second-order valence-corrected chi connectivity index (χ2v) is 3.75. The summed E-state index contributed by atoms with van der Waals surface area (Å²) in [5.74, 6) is -0.871. The van der Waals surface area contributed by atoms with Crippen LogP contribution in [0.2, 0.25) is 0 Å². The maximum Gasteiger partial charge on any atom is 0.335 e. The Morgan fingerprint density at radius 2 is 2.21 bits per heavy atom. The highest BCUT2D eigenvalue weighted by atomic mass is 16.4. The molecule has 14 heavy (non-hydrogen) atoms. The van der Waals surface area contributed by atoms with E-state index in [9.17, 15) is 4.79 Å². The van der Waals surface area contributed by atoms with Crippen LogP contribution in [0.1, 0.15) is 28.8 Å². The molecule has 0 amide bonds. The number of benzene rings is 1. The van der Waals surface area contributed by atoms with E-state index in [0.717, 1.165) is 11.3 Å². The van der Waals surface area contributed by atoms with Crippen molar-refractivity contribution in [2.24, 2.45) is 0 Å². The third-order valence-corrected chi connectivity index (χ3v) is 2.42. The molecule has 3 heteroatoms. The summed E-state index contributed by atoms with van der Waals surface area (Å²) in [4.78, 5) is 10.7. The van der Waals surface area contributed by atoms with E-state index in [1.807, 2.05) is 13.0 Å². The van der Waals surface area contributed by atoms with Crippen molar-refractivity contribution in [3.63, 3.8) is 0 Å². The number of nitrogens with one attached hydrogen (secondary N) is 1. The molecule has 0 aliphatic heterocycles. The molecule has 3 nitrogen and oxygen atoms in total. The number of carboxylic acid groups (broad SMARTS) is 1. The van der Waals surface area contributed by atoms with Crippen molar-refractivity contribution in [3.8, 4) is 0 Å². The van der Waals surface area contributed by atoms with Gasteiger partial charge in [0, 0.05) is 11.7 Å². The molecule has 0 heterocycles. The fourth-order valence-electron chi connectivity index (χ4n) is 1.36. The second kappa shape index (κ2) is 3.33. The Balaban J connectivity index is 2.26. The summed E-state index contributed by atoms with van der Waals surface area (Å²) >= 11 is 0. The first-order valence-electron chi connectivity index (χ1n) is 4.77. The maximum absolute atomic E-state index is 10.7. The van der Waals surface area contributed by atoms with Crippen LogP contribution in [0.5, 0.6) is 0 Å². The highest BCUT2D eigenvalue weighted by Crippen LogP contribution is 2.27. The number of hydrogen-bond donors (Lipinski definition) is 2. The van der Waals surface area contributed by atoms with Crippen LogP contribution in [-0.2, 0) is 0 Å². The molecule has 1 aliphatic carbocycles. The summed E-state index contributed by atoms with van der Waals surface area (Å²) < 4.78 is 0. The van der Waals surface area contributed by atoms with Gasteiger partial charge in [-0.2, -0.15) is 0 Å². The zero-order chi connectivity index (χ0) is 10.1. The Bertz CT molecular complexity index is 370. The summed E-state index contributed by atoms with van der Waals surface area (Å²) in [5.41, 5.74) is 2.40. The Morgan fingerprint density at radius 1 is 1.50 bits per heavy atom. The van der Waals surface area contributed by atoms with Crippen molar-refractivity contribution >= 4 is 11.7 Å². The van der Waals surface area contributed by atoms with Crippen molar-refractivity contribution < 1.29 is 9.90 Å². The van der Waals surface area contributed by atoms with Crippen molar-refractivity contribution in [3.05, 3.63) is 29.3 Å². The average Bonchev–Trinajstić information content (AvgIpc) is 2.92. The summed E-state index contributed by atoms with van der Waals surface area (Å²) in [5, 5.41) is 12.1. The molecular formula is C11H13NO2. The minimum Gasteiger partial charge on any atom is -0.478 e. The van der Waals surface area contributed by atoms with Gasteiger partial charge in [-0.1, -0.05) is 6.07 Å². The van der Waals surface area contributed by atoms with E-state index in [1.165, 1.54) is 12.8 Å². The predicted molar refractivity (Wildman–Crippen MR) is 54.8 cm³/mol. The highest BCUT2D eigenvalue weighted by Gasteiger charge is 2.21. The molecule has 1 fully saturated rings. The quantitative estimate of drug-likeness (QED) is 0.770. The number of carboxylic acids is 1. The molecule has 74 valence electrons. The summed E-state index contributed by atoms with van der Waals surface area (Å²) in [6.07, 6.45) is 2.38. The van der Waals surface area contributed by atoms with E-state index in [1.54, 1.807) is 12.1 Å². The maximum atomic E-state index is 10.7. The Kier molecular flexibility index (Phi) is 2.15.